The van der Waals surface area contributed by atoms with Gasteiger partial charge in [0, 0.05) is 30.9 Å². The number of benzene rings is 2. The molecule has 154 valence electrons. The molecule has 0 saturated carbocycles. The third-order valence-corrected chi connectivity index (χ3v) is 6.98. The molecule has 0 aliphatic rings. The van der Waals surface area contributed by atoms with Gasteiger partial charge in [0.2, 0.25) is 0 Å². The Hall–Kier alpha value is -1.75. The van der Waals surface area contributed by atoms with Crippen molar-refractivity contribution in [2.24, 2.45) is 0 Å². The molecule has 0 bridgehead atoms. The molecule has 0 saturated heterocycles. The van der Waals surface area contributed by atoms with Crippen LogP contribution in [-0.2, 0) is 30.8 Å². The molecule has 0 aromatic heterocycles. The second kappa shape index (κ2) is 8.73. The van der Waals surface area contributed by atoms with Crippen molar-refractivity contribution < 1.29 is 31.4 Å². The van der Waals surface area contributed by atoms with E-state index in [-0.39, 0.29) is 28.6 Å². The minimum absolute atomic E-state index is 0.0587. The minimum Gasteiger partial charge on any atom is -0.508 e. The van der Waals surface area contributed by atoms with Crippen molar-refractivity contribution in [3.63, 3.8) is 0 Å². The van der Waals surface area contributed by atoms with Crippen LogP contribution in [0.4, 0.5) is 0 Å². The van der Waals surface area contributed by atoms with Crippen molar-refractivity contribution >= 4 is 31.4 Å². The number of sulfone groups is 2. The van der Waals surface area contributed by atoms with E-state index in [1.165, 1.54) is 18.9 Å². The monoisotopic (exact) mass is 446 g/mol. The molecule has 0 heterocycles. The Labute approximate surface area is 169 Å². The SMILES string of the molecule is COCOc1ccc(Cc2c(S(C)(=O)=O)cc(O)cc2S(C)(=O)=O)cc1SC. The summed E-state index contributed by atoms with van der Waals surface area (Å²) in [4.78, 5) is 0.381. The van der Waals surface area contributed by atoms with Crippen LogP contribution in [0.25, 0.3) is 0 Å². The molecule has 2 rings (SSSR count). The zero-order chi connectivity index (χ0) is 21.1. The Kier molecular flexibility index (Phi) is 7.02. The average molecular weight is 447 g/mol. The first-order valence-corrected chi connectivity index (χ1v) is 13.0. The lowest BCUT2D eigenvalue weighted by Gasteiger charge is -2.15. The molecule has 0 unspecified atom stereocenters. The Bertz CT molecular complexity index is 1020. The highest BCUT2D eigenvalue weighted by Gasteiger charge is 2.24. The maximum Gasteiger partial charge on any atom is 0.188 e. The Morgan fingerprint density at radius 1 is 1.00 bits per heavy atom. The van der Waals surface area contributed by atoms with E-state index >= 15 is 0 Å². The third kappa shape index (κ3) is 5.40. The quantitative estimate of drug-likeness (QED) is 0.487. The lowest BCUT2D eigenvalue weighted by atomic mass is 10.0. The number of phenols is 1. The van der Waals surface area contributed by atoms with Gasteiger partial charge < -0.3 is 14.6 Å². The van der Waals surface area contributed by atoms with Gasteiger partial charge in [0.15, 0.2) is 26.5 Å². The second-order valence-corrected chi connectivity index (χ2v) is 11.0. The van der Waals surface area contributed by atoms with Crippen LogP contribution < -0.4 is 4.74 Å². The van der Waals surface area contributed by atoms with Gasteiger partial charge in [0.1, 0.15) is 11.5 Å². The van der Waals surface area contributed by atoms with E-state index < -0.39 is 25.4 Å². The molecule has 10 heteroatoms. The van der Waals surface area contributed by atoms with Gasteiger partial charge in [-0.3, -0.25) is 0 Å². The maximum absolute atomic E-state index is 12.2. The first-order chi connectivity index (χ1) is 13.0. The Morgan fingerprint density at radius 3 is 2.04 bits per heavy atom. The number of ether oxygens (including phenoxy) is 2. The van der Waals surface area contributed by atoms with Gasteiger partial charge in [-0.05, 0) is 41.6 Å². The van der Waals surface area contributed by atoms with Crippen LogP contribution >= 0.6 is 11.8 Å². The number of hydrogen-bond donors (Lipinski definition) is 1. The van der Waals surface area contributed by atoms with Crippen LogP contribution in [0.2, 0.25) is 0 Å². The van der Waals surface area contributed by atoms with Gasteiger partial charge in [-0.2, -0.15) is 0 Å². The smallest absolute Gasteiger partial charge is 0.188 e. The topological polar surface area (TPSA) is 107 Å². The fraction of sp³-hybridized carbons (Fsp3) is 0.333. The molecule has 0 aliphatic carbocycles. The highest BCUT2D eigenvalue weighted by Crippen LogP contribution is 2.34. The lowest BCUT2D eigenvalue weighted by Crippen LogP contribution is -2.10. The van der Waals surface area contributed by atoms with Crippen molar-refractivity contribution in [3.8, 4) is 11.5 Å². The van der Waals surface area contributed by atoms with Gasteiger partial charge in [0.25, 0.3) is 0 Å². The fourth-order valence-corrected chi connectivity index (χ4v) is 5.30. The van der Waals surface area contributed by atoms with Gasteiger partial charge in [-0.15, -0.1) is 11.8 Å². The Balaban J connectivity index is 2.62. The molecular formula is C18H22O7S3. The van der Waals surface area contributed by atoms with Gasteiger partial charge in [-0.1, -0.05) is 6.07 Å². The van der Waals surface area contributed by atoms with Crippen molar-refractivity contribution in [2.45, 2.75) is 21.1 Å². The molecule has 0 amide bonds. The predicted octanol–water partition coefficient (Wildman–Crippen LogP) is 2.49. The van der Waals surface area contributed by atoms with Crippen LogP contribution in [-0.4, -0.2) is 54.6 Å². The summed E-state index contributed by atoms with van der Waals surface area (Å²) in [6, 6.07) is 7.41. The maximum atomic E-state index is 12.2. The number of phenolic OH excluding ortho intramolecular Hbond substituents is 1. The van der Waals surface area contributed by atoms with E-state index in [4.69, 9.17) is 9.47 Å². The molecule has 0 atom stereocenters. The van der Waals surface area contributed by atoms with Crippen LogP contribution in [0.1, 0.15) is 11.1 Å². The second-order valence-electron chi connectivity index (χ2n) is 6.18. The summed E-state index contributed by atoms with van der Waals surface area (Å²) < 4.78 is 59.3. The molecule has 1 N–H and O–H groups in total. The molecular weight excluding hydrogens is 424 g/mol. The number of thioether (sulfide) groups is 1. The van der Waals surface area contributed by atoms with Crippen molar-refractivity contribution in [1.29, 1.82) is 0 Å². The summed E-state index contributed by atoms with van der Waals surface area (Å²) >= 11 is 1.44. The van der Waals surface area contributed by atoms with E-state index in [0.717, 1.165) is 29.5 Å². The normalized spacial score (nSPS) is 12.1. The standard InChI is InChI=1S/C18H22O7S3/c1-24-11-25-15-6-5-12(8-16(15)26-2)7-14-17(27(3,20)21)9-13(19)10-18(14)28(4,22)23/h5-6,8-10,19H,7,11H2,1-4H3. The third-order valence-electron chi connectivity index (χ3n) is 3.89. The number of methoxy groups -OCH3 is 1. The first-order valence-electron chi connectivity index (χ1n) is 8.02. The van der Waals surface area contributed by atoms with Crippen molar-refractivity contribution in [1.82, 2.24) is 0 Å². The summed E-state index contributed by atoms with van der Waals surface area (Å²) in [5, 5.41) is 9.85. The first kappa shape index (κ1) is 22.5. The molecule has 0 radical (unpaired) electrons. The van der Waals surface area contributed by atoms with Crippen molar-refractivity contribution in [3.05, 3.63) is 41.5 Å². The molecule has 0 fully saturated rings. The highest BCUT2D eigenvalue weighted by atomic mass is 32.2. The number of aromatic hydroxyl groups is 1. The summed E-state index contributed by atoms with van der Waals surface area (Å²) in [5.41, 5.74) is 0.829. The van der Waals surface area contributed by atoms with Crippen LogP contribution in [0.3, 0.4) is 0 Å². The van der Waals surface area contributed by atoms with Crippen LogP contribution in [0, 0.1) is 0 Å². The molecule has 0 spiro atoms. The molecule has 2 aromatic rings. The summed E-state index contributed by atoms with van der Waals surface area (Å²) in [7, 11) is -6.02. The molecule has 7 nitrogen and oxygen atoms in total. The van der Waals surface area contributed by atoms with Gasteiger partial charge in [0.05, 0.1) is 9.79 Å². The Morgan fingerprint density at radius 2 is 1.57 bits per heavy atom. The summed E-state index contributed by atoms with van der Waals surface area (Å²) in [6.45, 7) is 0.0846. The number of rotatable bonds is 8. The van der Waals surface area contributed by atoms with E-state index in [1.807, 2.05) is 6.26 Å². The van der Waals surface area contributed by atoms with E-state index in [1.54, 1.807) is 18.2 Å². The van der Waals surface area contributed by atoms with Gasteiger partial charge >= 0.3 is 0 Å². The highest BCUT2D eigenvalue weighted by molar-refractivity contribution is 7.98. The van der Waals surface area contributed by atoms with E-state index in [2.05, 4.69) is 0 Å². The fourth-order valence-electron chi connectivity index (χ4n) is 2.71. The minimum atomic E-state index is -3.77. The largest absolute Gasteiger partial charge is 0.508 e. The van der Waals surface area contributed by atoms with Gasteiger partial charge in [-0.25, -0.2) is 16.8 Å². The van der Waals surface area contributed by atoms with Crippen molar-refractivity contribution in [2.75, 3.05) is 32.7 Å². The zero-order valence-electron chi connectivity index (χ0n) is 15.9. The summed E-state index contributed by atoms with van der Waals surface area (Å²) in [5.74, 6) is 0.188. The molecule has 0 aliphatic heterocycles. The van der Waals surface area contributed by atoms with Crippen LogP contribution in [0.5, 0.6) is 11.5 Å². The molecule has 2 aromatic carbocycles. The predicted molar refractivity (Wildman–Crippen MR) is 108 cm³/mol. The average Bonchev–Trinajstić information content (AvgIpc) is 2.59. The van der Waals surface area contributed by atoms with E-state index in [9.17, 15) is 21.9 Å². The molecule has 28 heavy (non-hydrogen) atoms. The zero-order valence-corrected chi connectivity index (χ0v) is 18.4. The summed E-state index contributed by atoms with van der Waals surface area (Å²) in [6.07, 6.45) is 3.88. The van der Waals surface area contributed by atoms with Crippen LogP contribution in [0.15, 0.2) is 45.0 Å². The lowest BCUT2D eigenvalue weighted by molar-refractivity contribution is 0.0491. The number of hydrogen-bond acceptors (Lipinski definition) is 8. The van der Waals surface area contributed by atoms with E-state index in [0.29, 0.717) is 11.3 Å².